The molecule has 62 heavy (non-hydrogen) atoms. The third-order valence-electron chi connectivity index (χ3n) is 10.7. The van der Waals surface area contributed by atoms with E-state index in [1.54, 1.807) is 9.80 Å². The van der Waals surface area contributed by atoms with Crippen LogP contribution in [0, 0.1) is 0 Å². The summed E-state index contributed by atoms with van der Waals surface area (Å²) in [7, 11) is 2.41. The van der Waals surface area contributed by atoms with Crippen LogP contribution in [0.2, 0.25) is 0 Å². The molecule has 3 aromatic carbocycles. The molecule has 2 saturated heterocycles. The number of amides is 4. The van der Waals surface area contributed by atoms with Crippen molar-refractivity contribution in [2.45, 2.75) is 75.9 Å². The minimum Gasteiger partial charge on any atom is -0.453 e. The van der Waals surface area contributed by atoms with Crippen molar-refractivity contribution >= 4 is 127 Å². The highest BCUT2D eigenvalue weighted by Crippen LogP contribution is 2.35. The molecule has 2 aliphatic heterocycles. The van der Waals surface area contributed by atoms with Crippen LogP contribution in [0.4, 0.5) is 9.59 Å². The molecule has 7 rings (SSSR count). The van der Waals surface area contributed by atoms with Crippen molar-refractivity contribution in [1.82, 2.24) is 40.4 Å². The first-order chi connectivity index (χ1) is 26.9. The number of ether oxygens (including phenoxy) is 2. The van der Waals surface area contributed by atoms with Gasteiger partial charge in [0.15, 0.2) is 0 Å². The Morgan fingerprint density at radius 1 is 0.613 bits per heavy atom. The molecule has 16 nitrogen and oxygen atoms in total. The topological polar surface area (TPSA) is 215 Å². The minimum absolute atomic E-state index is 0. The number of carbonyl (C=O) groups is 4. The number of aliphatic hydroxyl groups is 2. The van der Waals surface area contributed by atoms with E-state index in [0.717, 1.165) is 57.2 Å². The van der Waals surface area contributed by atoms with Crippen LogP contribution in [-0.2, 0) is 19.1 Å². The van der Waals surface area contributed by atoms with E-state index in [9.17, 15) is 29.4 Å². The van der Waals surface area contributed by atoms with Gasteiger partial charge in [-0.1, -0.05) is 36.4 Å². The van der Waals surface area contributed by atoms with Crippen molar-refractivity contribution in [3.63, 3.8) is 0 Å². The predicted molar refractivity (Wildman–Crippen MR) is 268 cm³/mol. The lowest BCUT2D eigenvalue weighted by molar-refractivity contribution is -0.137. The zero-order chi connectivity index (χ0) is 39.7. The number of methoxy groups -OCH3 is 2. The zero-order valence-electron chi connectivity index (χ0n) is 34.6. The van der Waals surface area contributed by atoms with E-state index >= 15 is 0 Å². The van der Waals surface area contributed by atoms with Gasteiger partial charge in [0.25, 0.3) is 0 Å². The molecule has 2 fully saturated rings. The molecular weight excluding hydrogens is 913 g/mol. The average Bonchev–Trinajstić information content (AvgIpc) is 4.03. The molecule has 0 bridgehead atoms. The van der Waals surface area contributed by atoms with Crippen molar-refractivity contribution in [2.24, 2.45) is 0 Å². The Morgan fingerprint density at radius 3 is 1.27 bits per heavy atom. The van der Waals surface area contributed by atoms with E-state index < -0.39 is 48.3 Å². The van der Waals surface area contributed by atoms with E-state index in [1.807, 2.05) is 36.4 Å². The first kappa shape index (κ1) is 56.1. The Bertz CT molecular complexity index is 2120. The molecule has 4 heterocycles. The summed E-state index contributed by atoms with van der Waals surface area (Å²) < 4.78 is 9.31. The monoisotopic (exact) mass is 970 g/mol. The lowest BCUT2D eigenvalue weighted by atomic mass is 10.00. The van der Waals surface area contributed by atoms with Gasteiger partial charge in [-0.2, -0.15) is 81.0 Å². The fourth-order valence-electron chi connectivity index (χ4n) is 7.72. The van der Waals surface area contributed by atoms with Crippen LogP contribution in [0.3, 0.4) is 0 Å². The number of rotatable bonds is 10. The normalized spacial score (nSPS) is 17.3. The van der Waals surface area contributed by atoms with Crippen LogP contribution < -0.4 is 10.6 Å². The number of aromatic amines is 2. The highest BCUT2D eigenvalue weighted by molar-refractivity contribution is 7.60. The van der Waals surface area contributed by atoms with Gasteiger partial charge in [-0.15, -0.1) is 0 Å². The number of imidazole rings is 2. The average molecular weight is 971 g/mol. The maximum Gasteiger partial charge on any atom is 0.407 e. The zero-order valence-corrected chi connectivity index (χ0v) is 40.6. The van der Waals surface area contributed by atoms with Gasteiger partial charge in [0.2, 0.25) is 11.8 Å². The Hall–Kier alpha value is -3.90. The summed E-state index contributed by atoms with van der Waals surface area (Å²) in [5, 5.41) is 25.4. The quantitative estimate of drug-likeness (QED) is 0.110. The number of likely N-dealkylation sites (tertiary alicyclic amines) is 2. The Kier molecular flexibility index (Phi) is 21.9. The lowest BCUT2D eigenvalue weighted by Crippen LogP contribution is -2.53. The Labute approximate surface area is 401 Å². The smallest absolute Gasteiger partial charge is 0.407 e. The third kappa shape index (κ3) is 11.8. The highest BCUT2D eigenvalue weighted by Gasteiger charge is 2.39. The van der Waals surface area contributed by atoms with Crippen LogP contribution >= 0.6 is 81.0 Å². The molecule has 22 heteroatoms. The number of aromatic nitrogens is 4. The van der Waals surface area contributed by atoms with Gasteiger partial charge in [-0.3, -0.25) is 9.59 Å². The maximum atomic E-state index is 13.4. The summed E-state index contributed by atoms with van der Waals surface area (Å²) in [5.41, 5.74) is 7.15. The molecular formula is C40H58N8O8S6. The Morgan fingerprint density at radius 2 is 0.952 bits per heavy atom. The van der Waals surface area contributed by atoms with Crippen molar-refractivity contribution in [3.8, 4) is 22.3 Å². The second-order valence-electron chi connectivity index (χ2n) is 14.4. The van der Waals surface area contributed by atoms with Crippen molar-refractivity contribution < 1.29 is 38.9 Å². The van der Waals surface area contributed by atoms with E-state index in [2.05, 4.69) is 54.3 Å². The number of hydrogen-bond acceptors (Lipinski definition) is 10. The summed E-state index contributed by atoms with van der Waals surface area (Å²) in [4.78, 5) is 70.4. The number of H-pyrrole nitrogens is 2. The van der Waals surface area contributed by atoms with E-state index in [0.29, 0.717) is 37.6 Å². The summed E-state index contributed by atoms with van der Waals surface area (Å²) >= 11 is 0. The number of benzene rings is 3. The molecule has 2 aromatic heterocycles. The first-order valence-corrected chi connectivity index (χ1v) is 18.7. The highest BCUT2D eigenvalue weighted by atomic mass is 32.1. The third-order valence-corrected chi connectivity index (χ3v) is 10.7. The molecule has 5 aromatic rings. The number of fused-ring (bicyclic) bond motifs is 2. The van der Waals surface area contributed by atoms with E-state index in [1.165, 1.54) is 28.1 Å². The second-order valence-corrected chi connectivity index (χ2v) is 14.4. The summed E-state index contributed by atoms with van der Waals surface area (Å²) in [6.45, 7) is 3.85. The van der Waals surface area contributed by atoms with Gasteiger partial charge in [0.05, 0.1) is 60.6 Å². The molecule has 4 amide bonds. The van der Waals surface area contributed by atoms with Gasteiger partial charge in [-0.25, -0.2) is 19.6 Å². The number of nitrogens with zero attached hydrogens (tertiary/aromatic N) is 4. The van der Waals surface area contributed by atoms with Gasteiger partial charge < -0.3 is 50.1 Å². The number of carbonyl (C=O) groups excluding carboxylic acids is 4. The van der Waals surface area contributed by atoms with Crippen molar-refractivity contribution in [3.05, 3.63) is 72.3 Å². The predicted octanol–water partition coefficient (Wildman–Crippen LogP) is 4.99. The first-order valence-electron chi connectivity index (χ1n) is 18.7. The van der Waals surface area contributed by atoms with Crippen molar-refractivity contribution in [1.29, 1.82) is 0 Å². The molecule has 0 saturated carbocycles. The van der Waals surface area contributed by atoms with Crippen LogP contribution in [-0.4, -0.2) is 116 Å². The van der Waals surface area contributed by atoms with Gasteiger partial charge >= 0.3 is 12.2 Å². The molecule has 2 aliphatic rings. The summed E-state index contributed by atoms with van der Waals surface area (Å²) in [6.07, 6.45) is -0.915. The second kappa shape index (κ2) is 24.2. The van der Waals surface area contributed by atoms with Gasteiger partial charge in [0.1, 0.15) is 23.7 Å². The van der Waals surface area contributed by atoms with Crippen molar-refractivity contribution in [2.75, 3.05) is 27.3 Å². The molecule has 0 spiro atoms. The summed E-state index contributed by atoms with van der Waals surface area (Å²) in [6, 6.07) is 17.2. The fourth-order valence-corrected chi connectivity index (χ4v) is 7.72. The van der Waals surface area contributed by atoms with E-state index in [-0.39, 0.29) is 93.1 Å². The number of alkyl carbamates (subject to hydrolysis) is 2. The fraction of sp³-hybridized carbons (Fsp3) is 0.400. The van der Waals surface area contributed by atoms with Gasteiger partial charge in [-0.05, 0) is 86.1 Å². The van der Waals surface area contributed by atoms with Crippen LogP contribution in [0.25, 0.3) is 44.3 Å². The standard InChI is InChI=1S/C40H46N8O8.6H2S/c1-21(49)33(45-39(53)55-3)37(51)47-17-5-7-31(47)35-41-27-15-13-25(19-29(27)43-35)23-9-11-24(12-10-23)26-14-16-28-30(20-26)44-36(42-28)32-8-6-18-48(32)38(52)34(22(2)50)46-40(54)56-4;;;;;;/h9-16,19-22,31-34,49-50H,5-8,17-18H2,1-4H3,(H,41,43)(H,42,44)(H,45,53)(H,46,54);6*1H2/t21-,22-,31-,32-,33-,34-;;;;;;/m0....../s1. The molecule has 0 unspecified atom stereocenters. The minimum atomic E-state index is -1.14. The van der Waals surface area contributed by atoms with Crippen LogP contribution in [0.15, 0.2) is 60.7 Å². The summed E-state index contributed by atoms with van der Waals surface area (Å²) in [5.74, 6) is 0.494. The molecule has 0 aliphatic carbocycles. The maximum absolute atomic E-state index is 13.4. The SMILES string of the molecule is COC(=O)N[C@H](C(=O)N1CCC[C@H]1c1nc2ccc(-c3ccc(-c4ccc5nc([C@@H]6CCCN6C(=O)[C@@H](NC(=O)OC)[C@H](C)O)[nH]c5c4)cc3)cc2[nH]1)[C@H](C)O.S.S.S.S.S.S. The van der Waals surface area contributed by atoms with Crippen LogP contribution in [0.1, 0.15) is 63.3 Å². The largest absolute Gasteiger partial charge is 0.453 e. The van der Waals surface area contributed by atoms with Crippen LogP contribution in [0.5, 0.6) is 0 Å². The number of nitrogens with one attached hydrogen (secondary N) is 4. The van der Waals surface area contributed by atoms with E-state index in [4.69, 9.17) is 9.97 Å². The molecule has 6 atom stereocenters. The number of hydrogen-bond donors (Lipinski definition) is 6. The van der Waals surface area contributed by atoms with Gasteiger partial charge in [0, 0.05) is 13.1 Å². The molecule has 0 radical (unpaired) electrons. The number of aliphatic hydroxyl groups excluding tert-OH is 2. The molecule has 342 valence electrons. The lowest BCUT2D eigenvalue weighted by Gasteiger charge is -2.29. The Balaban J connectivity index is 0.00000320. The molecule has 6 N–H and O–H groups in total.